The summed E-state index contributed by atoms with van der Waals surface area (Å²) in [4.78, 5) is 17.8. The van der Waals surface area contributed by atoms with E-state index in [1.807, 2.05) is 31.3 Å². The first kappa shape index (κ1) is 25.0. The maximum atomic E-state index is 10.9. The summed E-state index contributed by atoms with van der Waals surface area (Å²) in [6, 6.07) is 23.8. The lowest BCUT2D eigenvalue weighted by atomic mass is 9.84. The Morgan fingerprint density at radius 1 is 0.946 bits per heavy atom. The maximum absolute atomic E-state index is 10.9. The lowest BCUT2D eigenvalue weighted by molar-refractivity contribution is -0.255. The van der Waals surface area contributed by atoms with Gasteiger partial charge in [-0.25, -0.2) is 4.98 Å². The molecular formula is C31H31N2O3S-. The number of carbonyl (C=O) groups is 1. The number of aromatic carboxylic acids is 1. The van der Waals surface area contributed by atoms with E-state index < -0.39 is 5.97 Å². The Hall–Kier alpha value is -3.64. The Balaban J connectivity index is 1.15. The number of hydrogen-bond acceptors (Lipinski definition) is 6. The molecule has 1 aliphatic carbocycles. The van der Waals surface area contributed by atoms with E-state index in [-0.39, 0.29) is 5.56 Å². The van der Waals surface area contributed by atoms with Crippen molar-refractivity contribution in [3.05, 3.63) is 100 Å². The van der Waals surface area contributed by atoms with Crippen molar-refractivity contribution in [2.24, 2.45) is 0 Å². The topological polar surface area (TPSA) is 65.5 Å². The smallest absolute Gasteiger partial charge is 0.185 e. The third-order valence-electron chi connectivity index (χ3n) is 7.04. The van der Waals surface area contributed by atoms with Gasteiger partial charge in [0.25, 0.3) is 0 Å². The molecule has 0 N–H and O–H groups in total. The van der Waals surface area contributed by atoms with Crippen LogP contribution in [0.3, 0.4) is 0 Å². The molecular weight excluding hydrogens is 480 g/mol. The zero-order valence-corrected chi connectivity index (χ0v) is 21.9. The normalized spacial score (nSPS) is 13.9. The molecule has 1 saturated carbocycles. The zero-order valence-electron chi connectivity index (χ0n) is 21.1. The number of carboxylic acid groups (broad SMARTS) is 1. The van der Waals surface area contributed by atoms with Crippen molar-refractivity contribution in [2.45, 2.75) is 51.2 Å². The Morgan fingerprint density at radius 3 is 2.30 bits per heavy atom. The minimum absolute atomic E-state index is 0.183. The van der Waals surface area contributed by atoms with E-state index >= 15 is 0 Å². The number of carboxylic acids is 1. The van der Waals surface area contributed by atoms with Crippen molar-refractivity contribution in [3.63, 3.8) is 0 Å². The van der Waals surface area contributed by atoms with Gasteiger partial charge in [-0.2, -0.15) is 0 Å². The minimum atomic E-state index is -1.16. The lowest BCUT2D eigenvalue weighted by Crippen LogP contribution is -2.22. The van der Waals surface area contributed by atoms with Crippen molar-refractivity contribution in [1.82, 2.24) is 4.98 Å². The van der Waals surface area contributed by atoms with Gasteiger partial charge in [0.05, 0.1) is 11.7 Å². The van der Waals surface area contributed by atoms with Crippen molar-refractivity contribution >= 4 is 22.4 Å². The Labute approximate surface area is 222 Å². The van der Waals surface area contributed by atoms with Crippen LogP contribution in [0.25, 0.3) is 11.3 Å². The molecule has 0 aliphatic heterocycles. The lowest BCUT2D eigenvalue weighted by Gasteiger charge is -2.22. The van der Waals surface area contributed by atoms with E-state index in [4.69, 9.17) is 9.72 Å². The highest BCUT2D eigenvalue weighted by molar-refractivity contribution is 7.14. The molecule has 0 amide bonds. The molecule has 1 fully saturated rings. The number of hydrogen-bond donors (Lipinski definition) is 0. The van der Waals surface area contributed by atoms with Crippen molar-refractivity contribution in [2.75, 3.05) is 11.9 Å². The van der Waals surface area contributed by atoms with Gasteiger partial charge < -0.3 is 19.5 Å². The summed E-state index contributed by atoms with van der Waals surface area (Å²) in [6.45, 7) is 1.19. The van der Waals surface area contributed by atoms with Crippen LogP contribution in [-0.2, 0) is 13.2 Å². The van der Waals surface area contributed by atoms with Gasteiger partial charge in [0.1, 0.15) is 12.4 Å². The summed E-state index contributed by atoms with van der Waals surface area (Å²) in [7, 11) is 1.98. The minimum Gasteiger partial charge on any atom is -0.545 e. The molecule has 5 nitrogen and oxygen atoms in total. The average Bonchev–Trinajstić information content (AvgIpc) is 3.44. The molecule has 0 unspecified atom stereocenters. The summed E-state index contributed by atoms with van der Waals surface area (Å²) in [6.07, 6.45) is 6.73. The van der Waals surface area contributed by atoms with E-state index in [0.717, 1.165) is 33.6 Å². The molecule has 190 valence electrons. The molecule has 37 heavy (non-hydrogen) atoms. The van der Waals surface area contributed by atoms with Crippen LogP contribution in [0.15, 0.2) is 78.2 Å². The number of rotatable bonds is 9. The molecule has 0 atom stereocenters. The highest BCUT2D eigenvalue weighted by Crippen LogP contribution is 2.33. The number of nitrogens with zero attached hydrogens (tertiary/aromatic N) is 2. The highest BCUT2D eigenvalue weighted by Gasteiger charge is 2.15. The van der Waals surface area contributed by atoms with Gasteiger partial charge in [0.2, 0.25) is 0 Å². The molecule has 0 radical (unpaired) electrons. The van der Waals surface area contributed by atoms with E-state index in [9.17, 15) is 9.90 Å². The number of ether oxygens (including phenoxy) is 1. The number of anilines is 1. The van der Waals surface area contributed by atoms with Gasteiger partial charge >= 0.3 is 0 Å². The predicted octanol–water partition coefficient (Wildman–Crippen LogP) is 6.44. The number of thiazole rings is 1. The summed E-state index contributed by atoms with van der Waals surface area (Å²) in [5.74, 6) is 0.405. The van der Waals surface area contributed by atoms with Crippen LogP contribution in [0.2, 0.25) is 0 Å². The number of aromatic nitrogens is 1. The van der Waals surface area contributed by atoms with E-state index in [1.54, 1.807) is 35.6 Å². The molecule has 0 spiro atoms. The highest BCUT2D eigenvalue weighted by atomic mass is 32.1. The second-order valence-electron chi connectivity index (χ2n) is 9.75. The van der Waals surface area contributed by atoms with Crippen LogP contribution in [0.1, 0.15) is 65.1 Å². The summed E-state index contributed by atoms with van der Waals surface area (Å²) in [5, 5.41) is 13.9. The quantitative estimate of drug-likeness (QED) is 0.259. The van der Waals surface area contributed by atoms with Crippen LogP contribution in [0.4, 0.5) is 5.13 Å². The first-order valence-corrected chi connectivity index (χ1v) is 13.7. The van der Waals surface area contributed by atoms with Crippen molar-refractivity contribution < 1.29 is 14.6 Å². The molecule has 1 aromatic heterocycles. The molecule has 4 aromatic rings. The fraction of sp³-hybridized carbons (Fsp3) is 0.290. The predicted molar refractivity (Wildman–Crippen MR) is 147 cm³/mol. The van der Waals surface area contributed by atoms with E-state index in [2.05, 4.69) is 34.5 Å². The van der Waals surface area contributed by atoms with Gasteiger partial charge in [0.15, 0.2) is 5.13 Å². The zero-order chi connectivity index (χ0) is 25.6. The first-order chi connectivity index (χ1) is 18.0. The largest absolute Gasteiger partial charge is 0.545 e. The fourth-order valence-electron chi connectivity index (χ4n) is 4.87. The third-order valence-corrected chi connectivity index (χ3v) is 7.99. The van der Waals surface area contributed by atoms with Gasteiger partial charge in [-0.3, -0.25) is 0 Å². The molecule has 6 heteroatoms. The average molecular weight is 512 g/mol. The summed E-state index contributed by atoms with van der Waals surface area (Å²) < 4.78 is 6.03. The third kappa shape index (κ3) is 6.38. The SMILES string of the molecule is CN(Cc1ccc(C(=O)[O-])cc1)c1nc(-c2ccc(OCc3ccc(C4CCCCC4)cc3)cc2)cs1. The molecule has 1 heterocycles. The Bertz CT molecular complexity index is 1310. The van der Waals surface area contributed by atoms with Crippen LogP contribution < -0.4 is 14.7 Å². The standard InChI is InChI=1S/C31H32N2O3S/c1-33(19-22-7-13-27(14-8-22)30(34)35)31-32-29(21-37-31)26-15-17-28(18-16-26)36-20-23-9-11-25(12-10-23)24-5-3-2-4-6-24/h7-18,21,24H,2-6,19-20H2,1H3,(H,34,35)/p-1. The first-order valence-electron chi connectivity index (χ1n) is 12.8. The van der Waals surface area contributed by atoms with Crippen molar-refractivity contribution in [3.8, 4) is 17.0 Å². The second-order valence-corrected chi connectivity index (χ2v) is 10.6. The number of carbonyl (C=O) groups excluding carboxylic acids is 1. The molecule has 0 saturated heterocycles. The van der Waals surface area contributed by atoms with Crippen LogP contribution >= 0.6 is 11.3 Å². The molecule has 3 aromatic carbocycles. The summed E-state index contributed by atoms with van der Waals surface area (Å²) >= 11 is 1.58. The van der Waals surface area contributed by atoms with Crippen LogP contribution in [0, 0.1) is 0 Å². The van der Waals surface area contributed by atoms with Gasteiger partial charge in [-0.05, 0) is 65.3 Å². The molecule has 1 aliphatic rings. The van der Waals surface area contributed by atoms with Gasteiger partial charge in [-0.15, -0.1) is 11.3 Å². The fourth-order valence-corrected chi connectivity index (χ4v) is 5.67. The second kappa shape index (κ2) is 11.6. The van der Waals surface area contributed by atoms with Gasteiger partial charge in [-0.1, -0.05) is 67.8 Å². The van der Waals surface area contributed by atoms with E-state index in [0.29, 0.717) is 13.2 Å². The van der Waals surface area contributed by atoms with Crippen molar-refractivity contribution in [1.29, 1.82) is 0 Å². The Morgan fingerprint density at radius 2 is 1.62 bits per heavy atom. The van der Waals surface area contributed by atoms with Gasteiger partial charge in [0, 0.05) is 24.5 Å². The van der Waals surface area contributed by atoms with Crippen LogP contribution in [-0.4, -0.2) is 18.0 Å². The molecule has 5 rings (SSSR count). The van der Waals surface area contributed by atoms with Crippen LogP contribution in [0.5, 0.6) is 5.75 Å². The Kier molecular flexibility index (Phi) is 7.85. The van der Waals surface area contributed by atoms with E-state index in [1.165, 1.54) is 43.2 Å². The maximum Gasteiger partial charge on any atom is 0.185 e. The summed E-state index contributed by atoms with van der Waals surface area (Å²) in [5.41, 5.74) is 5.81. The number of benzene rings is 3. The molecule has 0 bridgehead atoms. The monoisotopic (exact) mass is 511 g/mol.